The summed E-state index contributed by atoms with van der Waals surface area (Å²) in [5.74, 6) is -0.588. The summed E-state index contributed by atoms with van der Waals surface area (Å²) in [6.07, 6.45) is 0. The third-order valence-corrected chi connectivity index (χ3v) is 6.27. The van der Waals surface area contributed by atoms with Crippen LogP contribution < -0.4 is 21.4 Å². The lowest BCUT2D eigenvalue weighted by Crippen LogP contribution is -2.43. The van der Waals surface area contributed by atoms with Crippen molar-refractivity contribution < 1.29 is 14.6 Å². The highest BCUT2D eigenvalue weighted by atomic mass is 35.5. The molecule has 0 unspecified atom stereocenters. The molecule has 36 heavy (non-hydrogen) atoms. The number of carbonyl (C=O) groups is 1. The van der Waals surface area contributed by atoms with Crippen molar-refractivity contribution in [2.24, 2.45) is 0 Å². The van der Waals surface area contributed by atoms with E-state index in [1.165, 1.54) is 4.57 Å². The number of carboxylic acid groups (broad SMARTS) is 1. The molecule has 2 aromatic heterocycles. The molecule has 0 saturated carbocycles. The Morgan fingerprint density at radius 3 is 2.36 bits per heavy atom. The van der Waals surface area contributed by atoms with Crippen molar-refractivity contribution >= 4 is 40.5 Å². The molecular formula is C24H22ClN5O5S. The molecule has 2 N–H and O–H groups in total. The van der Waals surface area contributed by atoms with Gasteiger partial charge in [-0.1, -0.05) is 35.1 Å². The van der Waals surface area contributed by atoms with Gasteiger partial charge in [0, 0.05) is 21.6 Å². The standard InChI is InChI=1S/C24H22ClN5O5S/c1-13(2)30-22(33)28-21(29(24(30)34)12-15-4-6-16(25)7-5-15)26-17-8-10-18(11-9-17)35-23-27-19(20(31)32)14(3)36-23/h4-11,13H,12H2,1-3H3,(H,31,32)(H,26,28,33). The van der Waals surface area contributed by atoms with Crippen molar-refractivity contribution in [3.05, 3.63) is 90.7 Å². The minimum absolute atomic E-state index is 0.0471. The van der Waals surface area contributed by atoms with Crippen molar-refractivity contribution in [3.63, 3.8) is 0 Å². The number of halogens is 1. The second-order valence-electron chi connectivity index (χ2n) is 8.12. The molecule has 0 aliphatic rings. The van der Waals surface area contributed by atoms with Crippen LogP contribution in [0.15, 0.2) is 58.1 Å². The van der Waals surface area contributed by atoms with E-state index in [-0.39, 0.29) is 29.4 Å². The summed E-state index contributed by atoms with van der Waals surface area (Å²) in [5, 5.41) is 13.0. The lowest BCUT2D eigenvalue weighted by Gasteiger charge is -2.17. The van der Waals surface area contributed by atoms with Crippen LogP contribution in [-0.2, 0) is 6.54 Å². The minimum atomic E-state index is -1.12. The van der Waals surface area contributed by atoms with Crippen molar-refractivity contribution in [1.29, 1.82) is 0 Å². The number of thiazole rings is 1. The molecule has 12 heteroatoms. The fraction of sp³-hybridized carbons (Fsp3) is 0.208. The van der Waals surface area contributed by atoms with Crippen molar-refractivity contribution in [1.82, 2.24) is 19.1 Å². The fourth-order valence-corrected chi connectivity index (χ4v) is 4.30. The average molecular weight is 528 g/mol. The molecule has 10 nitrogen and oxygen atoms in total. The summed E-state index contributed by atoms with van der Waals surface area (Å²) in [4.78, 5) is 45.6. The number of carboxylic acids is 1. The lowest BCUT2D eigenvalue weighted by molar-refractivity contribution is 0.0690. The van der Waals surface area contributed by atoms with Gasteiger partial charge in [-0.25, -0.2) is 19.0 Å². The van der Waals surface area contributed by atoms with Crippen LogP contribution in [-0.4, -0.2) is 30.2 Å². The van der Waals surface area contributed by atoms with Crippen molar-refractivity contribution in [3.8, 4) is 10.9 Å². The predicted molar refractivity (Wildman–Crippen MR) is 137 cm³/mol. The Morgan fingerprint density at radius 2 is 1.78 bits per heavy atom. The Kier molecular flexibility index (Phi) is 7.22. The number of aromatic carboxylic acids is 1. The Morgan fingerprint density at radius 1 is 1.11 bits per heavy atom. The van der Waals surface area contributed by atoms with Gasteiger partial charge in [0.05, 0.1) is 6.54 Å². The summed E-state index contributed by atoms with van der Waals surface area (Å²) in [6, 6.07) is 13.3. The molecule has 2 heterocycles. The number of anilines is 2. The molecule has 0 saturated heterocycles. The highest BCUT2D eigenvalue weighted by Crippen LogP contribution is 2.30. The predicted octanol–water partition coefficient (Wildman–Crippen LogP) is 4.69. The Labute approximate surface area is 214 Å². The van der Waals surface area contributed by atoms with Gasteiger partial charge in [0.1, 0.15) is 5.75 Å². The Balaban J connectivity index is 1.62. The molecule has 0 atom stereocenters. The monoisotopic (exact) mass is 527 g/mol. The summed E-state index contributed by atoms with van der Waals surface area (Å²) < 4.78 is 8.16. The van der Waals surface area contributed by atoms with Crippen LogP contribution in [0.2, 0.25) is 5.02 Å². The third-order valence-electron chi connectivity index (χ3n) is 5.17. The smallest absolute Gasteiger partial charge is 0.355 e. The van der Waals surface area contributed by atoms with E-state index in [1.54, 1.807) is 69.3 Å². The number of benzene rings is 2. The molecule has 0 fully saturated rings. The number of nitrogens with zero attached hydrogens (tertiary/aromatic N) is 4. The summed E-state index contributed by atoms with van der Waals surface area (Å²) in [6.45, 7) is 5.32. The van der Waals surface area contributed by atoms with Crippen LogP contribution in [0.1, 0.15) is 40.8 Å². The lowest BCUT2D eigenvalue weighted by atomic mass is 10.2. The first kappa shape index (κ1) is 25.1. The second kappa shape index (κ2) is 10.3. The SMILES string of the molecule is Cc1sc(Oc2ccc(Nc3nc(=O)n(C(C)C)c(=O)n3Cc3ccc(Cl)cc3)cc2)nc1C(=O)O. The summed E-state index contributed by atoms with van der Waals surface area (Å²) in [7, 11) is 0. The molecule has 186 valence electrons. The number of aromatic nitrogens is 4. The van der Waals surface area contributed by atoms with E-state index in [0.29, 0.717) is 21.3 Å². The molecule has 0 radical (unpaired) electrons. The fourth-order valence-electron chi connectivity index (χ4n) is 3.41. The zero-order chi connectivity index (χ0) is 26.0. The van der Waals surface area contributed by atoms with Gasteiger partial charge in [0.2, 0.25) is 5.95 Å². The topological polar surface area (TPSA) is 128 Å². The normalized spacial score (nSPS) is 11.0. The van der Waals surface area contributed by atoms with E-state index in [0.717, 1.165) is 21.5 Å². The van der Waals surface area contributed by atoms with Crippen LogP contribution in [0.3, 0.4) is 0 Å². The number of nitrogens with one attached hydrogen (secondary N) is 1. The number of rotatable bonds is 8. The Bertz CT molecular complexity index is 1520. The van der Waals surface area contributed by atoms with Crippen molar-refractivity contribution in [2.45, 2.75) is 33.4 Å². The summed E-state index contributed by atoms with van der Waals surface area (Å²) >= 11 is 7.11. The maximum atomic E-state index is 13.2. The zero-order valence-corrected chi connectivity index (χ0v) is 21.1. The van der Waals surface area contributed by atoms with Gasteiger partial charge in [-0.05, 0) is 62.7 Å². The number of ether oxygens (including phenoxy) is 1. The van der Waals surface area contributed by atoms with Crippen LogP contribution in [0.4, 0.5) is 11.6 Å². The van der Waals surface area contributed by atoms with Crippen molar-refractivity contribution in [2.75, 3.05) is 5.32 Å². The van der Waals surface area contributed by atoms with E-state index in [1.807, 2.05) is 0 Å². The maximum absolute atomic E-state index is 13.2. The minimum Gasteiger partial charge on any atom is -0.476 e. The largest absolute Gasteiger partial charge is 0.476 e. The first-order chi connectivity index (χ1) is 17.1. The van der Waals surface area contributed by atoms with E-state index in [4.69, 9.17) is 21.4 Å². The van der Waals surface area contributed by atoms with Gasteiger partial charge in [-0.15, -0.1) is 0 Å². The number of hydrogen-bond donors (Lipinski definition) is 2. The van der Waals surface area contributed by atoms with Crippen LogP contribution in [0.5, 0.6) is 10.9 Å². The van der Waals surface area contributed by atoms with Crippen LogP contribution in [0.25, 0.3) is 0 Å². The first-order valence-corrected chi connectivity index (χ1v) is 12.1. The molecular weight excluding hydrogens is 506 g/mol. The molecule has 0 aliphatic heterocycles. The van der Waals surface area contributed by atoms with Gasteiger partial charge < -0.3 is 15.2 Å². The van der Waals surface area contributed by atoms with Gasteiger partial charge in [0.25, 0.3) is 5.19 Å². The van der Waals surface area contributed by atoms with E-state index >= 15 is 0 Å². The third kappa shape index (κ3) is 5.47. The van der Waals surface area contributed by atoms with Crippen LogP contribution >= 0.6 is 22.9 Å². The van der Waals surface area contributed by atoms with Crippen LogP contribution in [0, 0.1) is 6.92 Å². The maximum Gasteiger partial charge on any atom is 0.355 e. The molecule has 0 aliphatic carbocycles. The molecule has 4 rings (SSSR count). The molecule has 0 amide bonds. The number of aryl methyl sites for hydroxylation is 1. The van der Waals surface area contributed by atoms with E-state index < -0.39 is 17.3 Å². The highest BCUT2D eigenvalue weighted by Gasteiger charge is 2.17. The van der Waals surface area contributed by atoms with Gasteiger partial charge >= 0.3 is 17.3 Å². The number of hydrogen-bond acceptors (Lipinski definition) is 8. The van der Waals surface area contributed by atoms with E-state index in [2.05, 4.69) is 15.3 Å². The van der Waals surface area contributed by atoms with Gasteiger partial charge in [-0.3, -0.25) is 4.57 Å². The average Bonchev–Trinajstić information content (AvgIpc) is 3.19. The Hall–Kier alpha value is -3.96. The second-order valence-corrected chi connectivity index (χ2v) is 9.72. The van der Waals surface area contributed by atoms with E-state index in [9.17, 15) is 14.4 Å². The quantitative estimate of drug-likeness (QED) is 0.338. The summed E-state index contributed by atoms with van der Waals surface area (Å²) in [5.41, 5.74) is 0.175. The molecule has 2 aromatic carbocycles. The van der Waals surface area contributed by atoms with Gasteiger partial charge in [-0.2, -0.15) is 9.97 Å². The first-order valence-electron chi connectivity index (χ1n) is 10.9. The molecule has 0 bridgehead atoms. The molecule has 0 spiro atoms. The zero-order valence-electron chi connectivity index (χ0n) is 19.6. The molecule has 4 aromatic rings. The van der Waals surface area contributed by atoms with Gasteiger partial charge in [0.15, 0.2) is 5.69 Å². The highest BCUT2D eigenvalue weighted by molar-refractivity contribution is 7.13.